The van der Waals surface area contributed by atoms with Crippen LogP contribution in [0.25, 0.3) is 0 Å². The van der Waals surface area contributed by atoms with Crippen LogP contribution >= 0.6 is 0 Å². The highest BCUT2D eigenvalue weighted by molar-refractivity contribution is 5.39. The summed E-state index contributed by atoms with van der Waals surface area (Å²) in [6.07, 6.45) is 5.96. The smallest absolute Gasteiger partial charge is 0.185 e. The SMILES string of the molecule is O=c1c2c1CCCCC2. The molecule has 2 rings (SSSR count). The van der Waals surface area contributed by atoms with Crippen LogP contribution < -0.4 is 5.43 Å². The highest BCUT2D eigenvalue weighted by Crippen LogP contribution is 2.20. The zero-order chi connectivity index (χ0) is 6.27. The second-order valence-corrected chi connectivity index (χ2v) is 2.85. The molecule has 9 heavy (non-hydrogen) atoms. The van der Waals surface area contributed by atoms with E-state index in [9.17, 15) is 4.79 Å². The van der Waals surface area contributed by atoms with E-state index < -0.39 is 0 Å². The maximum Gasteiger partial charge on any atom is 0.185 e. The maximum absolute atomic E-state index is 10.8. The third-order valence-corrected chi connectivity index (χ3v) is 2.20. The van der Waals surface area contributed by atoms with Crippen LogP contribution in [0.15, 0.2) is 4.79 Å². The first-order valence-corrected chi connectivity index (χ1v) is 3.66. The van der Waals surface area contributed by atoms with E-state index in [1.807, 2.05) is 0 Å². The quantitative estimate of drug-likeness (QED) is 0.472. The van der Waals surface area contributed by atoms with E-state index in [1.54, 1.807) is 0 Å². The van der Waals surface area contributed by atoms with Crippen molar-refractivity contribution in [3.63, 3.8) is 0 Å². The summed E-state index contributed by atoms with van der Waals surface area (Å²) in [5, 5.41) is 0. The first kappa shape index (κ1) is 5.21. The molecule has 1 aliphatic carbocycles. The molecule has 0 saturated carbocycles. The predicted octanol–water partition coefficient (Wildman–Crippen LogP) is 1.19. The molecule has 0 atom stereocenters. The fourth-order valence-electron chi connectivity index (χ4n) is 1.56. The molecule has 0 aliphatic heterocycles. The lowest BCUT2D eigenvalue weighted by molar-refractivity contribution is 0.704. The topological polar surface area (TPSA) is 17.1 Å². The normalized spacial score (nSPS) is 19.6. The molecule has 0 spiro atoms. The number of fused-ring (bicyclic) bond motifs is 1. The summed E-state index contributed by atoms with van der Waals surface area (Å²) in [5.74, 6) is 0. The zero-order valence-corrected chi connectivity index (χ0v) is 5.44. The van der Waals surface area contributed by atoms with Crippen LogP contribution in [0.3, 0.4) is 0 Å². The van der Waals surface area contributed by atoms with Gasteiger partial charge in [0.25, 0.3) is 0 Å². The van der Waals surface area contributed by atoms with E-state index in [0.717, 1.165) is 12.8 Å². The van der Waals surface area contributed by atoms with Gasteiger partial charge in [0.1, 0.15) is 0 Å². The van der Waals surface area contributed by atoms with Gasteiger partial charge in [-0.05, 0) is 25.7 Å². The lowest BCUT2D eigenvalue weighted by Crippen LogP contribution is -1.87. The van der Waals surface area contributed by atoms with Crippen molar-refractivity contribution in [3.8, 4) is 0 Å². The van der Waals surface area contributed by atoms with E-state index in [4.69, 9.17) is 0 Å². The third-order valence-electron chi connectivity index (χ3n) is 2.20. The van der Waals surface area contributed by atoms with Gasteiger partial charge < -0.3 is 0 Å². The fourth-order valence-corrected chi connectivity index (χ4v) is 1.56. The van der Waals surface area contributed by atoms with Gasteiger partial charge in [-0.2, -0.15) is 0 Å². The van der Waals surface area contributed by atoms with Gasteiger partial charge in [-0.3, -0.25) is 4.79 Å². The van der Waals surface area contributed by atoms with E-state index in [-0.39, 0.29) is 0 Å². The summed E-state index contributed by atoms with van der Waals surface area (Å²) in [7, 11) is 0. The Morgan fingerprint density at radius 1 is 0.889 bits per heavy atom. The van der Waals surface area contributed by atoms with Crippen LogP contribution in [0, 0.1) is 0 Å². The Bertz CT molecular complexity index is 207. The van der Waals surface area contributed by atoms with Crippen molar-refractivity contribution in [2.75, 3.05) is 0 Å². The summed E-state index contributed by atoms with van der Waals surface area (Å²) in [4.78, 5) is 10.8. The molecule has 1 aromatic carbocycles. The van der Waals surface area contributed by atoms with Crippen molar-refractivity contribution in [3.05, 3.63) is 21.4 Å². The van der Waals surface area contributed by atoms with E-state index in [0.29, 0.717) is 5.43 Å². The number of hydrogen-bond acceptors (Lipinski definition) is 1. The van der Waals surface area contributed by atoms with Crippen molar-refractivity contribution in [1.82, 2.24) is 0 Å². The summed E-state index contributed by atoms with van der Waals surface area (Å²) in [6.45, 7) is 0. The lowest BCUT2D eigenvalue weighted by Gasteiger charge is -1.88. The minimum absolute atomic E-state index is 0.398. The molecule has 0 heterocycles. The van der Waals surface area contributed by atoms with Gasteiger partial charge in [-0.15, -0.1) is 0 Å². The third kappa shape index (κ3) is 0.716. The molecule has 48 valence electrons. The average Bonchev–Trinajstić information content (AvgIpc) is 2.51. The monoisotopic (exact) mass is 122 g/mol. The van der Waals surface area contributed by atoms with Crippen LogP contribution in [0.2, 0.25) is 0 Å². The van der Waals surface area contributed by atoms with Gasteiger partial charge in [0.2, 0.25) is 0 Å². The van der Waals surface area contributed by atoms with Crippen LogP contribution in [0.5, 0.6) is 0 Å². The first-order chi connectivity index (χ1) is 4.39. The molecule has 1 aliphatic rings. The van der Waals surface area contributed by atoms with Gasteiger partial charge in [-0.25, -0.2) is 0 Å². The highest BCUT2D eigenvalue weighted by atomic mass is 16.1. The summed E-state index contributed by atoms with van der Waals surface area (Å²) < 4.78 is 0. The summed E-state index contributed by atoms with van der Waals surface area (Å²) in [6, 6.07) is 0. The summed E-state index contributed by atoms with van der Waals surface area (Å²) >= 11 is 0. The molecule has 0 N–H and O–H groups in total. The molecule has 0 radical (unpaired) electrons. The first-order valence-electron chi connectivity index (χ1n) is 3.66. The van der Waals surface area contributed by atoms with Crippen molar-refractivity contribution >= 4 is 0 Å². The van der Waals surface area contributed by atoms with Crippen LogP contribution in [-0.4, -0.2) is 0 Å². The molecule has 0 fully saturated rings. The minimum Gasteiger partial charge on any atom is -0.289 e. The fraction of sp³-hybridized carbons (Fsp3) is 0.625. The molecule has 0 aromatic heterocycles. The van der Waals surface area contributed by atoms with Crippen LogP contribution in [-0.2, 0) is 12.8 Å². The number of hydrogen-bond donors (Lipinski definition) is 0. The summed E-state index contributed by atoms with van der Waals surface area (Å²) in [5.41, 5.74) is 2.75. The number of rotatable bonds is 0. The standard InChI is InChI=1S/C8H10O/c9-8-6-4-2-1-3-5-7(6)8/h1-5H2. The Balaban J connectivity index is 2.21. The second-order valence-electron chi connectivity index (χ2n) is 2.85. The molecule has 1 aromatic rings. The van der Waals surface area contributed by atoms with Crippen molar-refractivity contribution in [2.45, 2.75) is 32.1 Å². The van der Waals surface area contributed by atoms with Crippen molar-refractivity contribution in [1.29, 1.82) is 0 Å². The molecule has 0 amide bonds. The Hall–Kier alpha value is -0.590. The van der Waals surface area contributed by atoms with Crippen molar-refractivity contribution < 1.29 is 0 Å². The van der Waals surface area contributed by atoms with Crippen molar-refractivity contribution in [2.24, 2.45) is 0 Å². The van der Waals surface area contributed by atoms with Gasteiger partial charge in [0.15, 0.2) is 5.43 Å². The maximum atomic E-state index is 10.8. The van der Waals surface area contributed by atoms with Crippen LogP contribution in [0.1, 0.15) is 30.4 Å². The Kier molecular flexibility index (Phi) is 0.981. The Morgan fingerprint density at radius 3 is 2.00 bits per heavy atom. The Labute approximate surface area is 54.4 Å². The molecular formula is C8H10O. The average molecular weight is 122 g/mol. The highest BCUT2D eigenvalue weighted by Gasteiger charge is 2.22. The molecule has 0 unspecified atom stereocenters. The second kappa shape index (κ2) is 1.69. The van der Waals surface area contributed by atoms with Crippen LogP contribution in [0.4, 0.5) is 0 Å². The molecule has 0 bridgehead atoms. The molecule has 1 nitrogen and oxygen atoms in total. The minimum atomic E-state index is 0.398. The lowest BCUT2D eigenvalue weighted by atomic mass is 10.2. The van der Waals surface area contributed by atoms with E-state index >= 15 is 0 Å². The molecule has 1 heteroatoms. The Morgan fingerprint density at radius 2 is 1.44 bits per heavy atom. The molecule has 0 saturated heterocycles. The van der Waals surface area contributed by atoms with E-state index in [1.165, 1.54) is 30.4 Å². The van der Waals surface area contributed by atoms with Gasteiger partial charge in [-0.1, -0.05) is 6.42 Å². The van der Waals surface area contributed by atoms with E-state index in [2.05, 4.69) is 0 Å². The zero-order valence-electron chi connectivity index (χ0n) is 5.44. The van der Waals surface area contributed by atoms with Gasteiger partial charge in [0.05, 0.1) is 0 Å². The van der Waals surface area contributed by atoms with Gasteiger partial charge >= 0.3 is 0 Å². The largest absolute Gasteiger partial charge is 0.289 e. The molecular weight excluding hydrogens is 112 g/mol. The predicted molar refractivity (Wildman–Crippen MR) is 36.3 cm³/mol. The van der Waals surface area contributed by atoms with Gasteiger partial charge in [0, 0.05) is 11.1 Å².